The summed E-state index contributed by atoms with van der Waals surface area (Å²) in [6.45, 7) is 3.13. The monoisotopic (exact) mass is 334 g/mol. The Kier molecular flexibility index (Phi) is 4.31. The lowest BCUT2D eigenvalue weighted by molar-refractivity contribution is -0.148. The topological polar surface area (TPSA) is 62.5 Å². The molecule has 2 unspecified atom stereocenters. The maximum absolute atomic E-state index is 12.5. The average Bonchev–Trinajstić information content (AvgIpc) is 2.89. The number of halogens is 1. The summed E-state index contributed by atoms with van der Waals surface area (Å²) in [5.74, 6) is -1.14. The largest absolute Gasteiger partial charge is 0.481 e. The molecular formula is C17H19ClN2O3. The van der Waals surface area contributed by atoms with Gasteiger partial charge in [0, 0.05) is 29.8 Å². The van der Waals surface area contributed by atoms with Crippen molar-refractivity contribution in [2.45, 2.75) is 19.9 Å². The Morgan fingerprint density at radius 1 is 1.35 bits per heavy atom. The number of benzene rings is 1. The van der Waals surface area contributed by atoms with Gasteiger partial charge in [-0.05, 0) is 35.9 Å². The molecule has 5 nitrogen and oxygen atoms in total. The zero-order chi connectivity index (χ0) is 16.6. The van der Waals surface area contributed by atoms with E-state index in [1.165, 1.54) is 0 Å². The van der Waals surface area contributed by atoms with E-state index in [9.17, 15) is 9.59 Å². The smallest absolute Gasteiger partial charge is 0.306 e. The van der Waals surface area contributed by atoms with Crippen molar-refractivity contribution in [1.82, 2.24) is 9.47 Å². The molecular weight excluding hydrogens is 316 g/mol. The lowest BCUT2D eigenvalue weighted by Crippen LogP contribution is -2.46. The molecule has 1 saturated heterocycles. The molecule has 6 heteroatoms. The summed E-state index contributed by atoms with van der Waals surface area (Å²) in [5, 5.41) is 10.8. The van der Waals surface area contributed by atoms with Crippen molar-refractivity contribution < 1.29 is 14.7 Å². The number of aliphatic carboxylic acids is 1. The van der Waals surface area contributed by atoms with Crippen LogP contribution in [0.3, 0.4) is 0 Å². The van der Waals surface area contributed by atoms with Crippen molar-refractivity contribution in [2.24, 2.45) is 11.8 Å². The first-order valence-electron chi connectivity index (χ1n) is 7.70. The van der Waals surface area contributed by atoms with Gasteiger partial charge in [-0.2, -0.15) is 0 Å². The SMILES string of the molecule is CC1CN(C(=O)Cn2ccc3ccc(Cl)cc32)CCC1C(=O)O. The third kappa shape index (κ3) is 3.20. The number of carboxylic acid groups (broad SMARTS) is 1. The first kappa shape index (κ1) is 15.9. The Hall–Kier alpha value is -2.01. The van der Waals surface area contributed by atoms with Crippen LogP contribution in [0.25, 0.3) is 10.9 Å². The molecule has 122 valence electrons. The van der Waals surface area contributed by atoms with Crippen molar-refractivity contribution in [3.8, 4) is 0 Å². The molecule has 1 amide bonds. The number of hydrogen-bond donors (Lipinski definition) is 1. The highest BCUT2D eigenvalue weighted by Crippen LogP contribution is 2.25. The van der Waals surface area contributed by atoms with E-state index in [1.54, 1.807) is 4.90 Å². The van der Waals surface area contributed by atoms with Crippen LogP contribution in [-0.4, -0.2) is 39.5 Å². The molecule has 1 aromatic carbocycles. The van der Waals surface area contributed by atoms with Gasteiger partial charge in [0.1, 0.15) is 6.54 Å². The second kappa shape index (κ2) is 6.24. The number of rotatable bonds is 3. The van der Waals surface area contributed by atoms with Crippen molar-refractivity contribution in [3.63, 3.8) is 0 Å². The van der Waals surface area contributed by atoms with Crippen LogP contribution >= 0.6 is 11.6 Å². The van der Waals surface area contributed by atoms with E-state index >= 15 is 0 Å². The zero-order valence-electron chi connectivity index (χ0n) is 12.9. The van der Waals surface area contributed by atoms with Crippen LogP contribution in [0, 0.1) is 11.8 Å². The fourth-order valence-corrected chi connectivity index (χ4v) is 3.45. The molecule has 1 aliphatic heterocycles. The number of likely N-dealkylation sites (tertiary alicyclic amines) is 1. The molecule has 2 aromatic rings. The quantitative estimate of drug-likeness (QED) is 0.938. The number of nitrogens with zero attached hydrogens (tertiary/aromatic N) is 2. The number of carboxylic acids is 1. The zero-order valence-corrected chi connectivity index (χ0v) is 13.7. The van der Waals surface area contributed by atoms with E-state index < -0.39 is 5.97 Å². The van der Waals surface area contributed by atoms with Gasteiger partial charge in [0.05, 0.1) is 5.92 Å². The first-order valence-corrected chi connectivity index (χ1v) is 8.08. The molecule has 1 aliphatic rings. The van der Waals surface area contributed by atoms with Crippen LogP contribution in [0.2, 0.25) is 5.02 Å². The van der Waals surface area contributed by atoms with Gasteiger partial charge in [-0.25, -0.2) is 0 Å². The highest BCUT2D eigenvalue weighted by Gasteiger charge is 2.32. The third-order valence-corrected chi connectivity index (χ3v) is 4.85. The molecule has 2 heterocycles. The molecule has 1 aromatic heterocycles. The van der Waals surface area contributed by atoms with Crippen LogP contribution in [0.5, 0.6) is 0 Å². The fraction of sp³-hybridized carbons (Fsp3) is 0.412. The summed E-state index contributed by atoms with van der Waals surface area (Å²) in [4.78, 5) is 25.5. The number of aromatic nitrogens is 1. The molecule has 0 spiro atoms. The van der Waals surface area contributed by atoms with E-state index in [0.717, 1.165) is 10.9 Å². The van der Waals surface area contributed by atoms with E-state index in [1.807, 2.05) is 42.0 Å². The van der Waals surface area contributed by atoms with Gasteiger partial charge in [-0.3, -0.25) is 9.59 Å². The maximum Gasteiger partial charge on any atom is 0.306 e. The third-order valence-electron chi connectivity index (χ3n) is 4.62. The van der Waals surface area contributed by atoms with E-state index in [-0.39, 0.29) is 24.3 Å². The summed E-state index contributed by atoms with van der Waals surface area (Å²) >= 11 is 6.03. The Morgan fingerprint density at radius 2 is 2.13 bits per heavy atom. The molecule has 1 fully saturated rings. The Bertz CT molecular complexity index is 755. The standard InChI is InChI=1S/C17H19ClN2O3/c1-11-9-20(7-5-14(11)17(22)23)16(21)10-19-6-4-12-2-3-13(18)8-15(12)19/h2-4,6,8,11,14H,5,7,9-10H2,1H3,(H,22,23). The second-order valence-corrected chi connectivity index (χ2v) is 6.63. The summed E-state index contributed by atoms with van der Waals surface area (Å²) < 4.78 is 1.89. The minimum Gasteiger partial charge on any atom is -0.481 e. The van der Waals surface area contributed by atoms with Crippen molar-refractivity contribution in [2.75, 3.05) is 13.1 Å². The molecule has 2 atom stereocenters. The maximum atomic E-state index is 12.5. The van der Waals surface area contributed by atoms with E-state index in [2.05, 4.69) is 0 Å². The summed E-state index contributed by atoms with van der Waals surface area (Å²) in [7, 11) is 0. The van der Waals surface area contributed by atoms with Gasteiger partial charge in [0.2, 0.25) is 5.91 Å². The molecule has 0 radical (unpaired) electrons. The van der Waals surface area contributed by atoms with Crippen LogP contribution in [-0.2, 0) is 16.1 Å². The number of carbonyl (C=O) groups excluding carboxylic acids is 1. The van der Waals surface area contributed by atoms with Gasteiger partial charge in [-0.1, -0.05) is 24.6 Å². The van der Waals surface area contributed by atoms with Crippen LogP contribution < -0.4 is 0 Å². The molecule has 0 bridgehead atoms. The molecule has 3 rings (SSSR count). The van der Waals surface area contributed by atoms with Crippen LogP contribution in [0.15, 0.2) is 30.5 Å². The van der Waals surface area contributed by atoms with Crippen molar-refractivity contribution in [1.29, 1.82) is 0 Å². The van der Waals surface area contributed by atoms with E-state index in [0.29, 0.717) is 24.5 Å². The Balaban J connectivity index is 1.72. The lowest BCUT2D eigenvalue weighted by Gasteiger charge is -2.35. The van der Waals surface area contributed by atoms with Crippen LogP contribution in [0.1, 0.15) is 13.3 Å². The molecule has 23 heavy (non-hydrogen) atoms. The van der Waals surface area contributed by atoms with E-state index in [4.69, 9.17) is 16.7 Å². The summed E-state index contributed by atoms with van der Waals surface area (Å²) in [6, 6.07) is 7.56. The Labute approximate surface area is 139 Å². The predicted octanol–water partition coefficient (Wildman–Crippen LogP) is 2.86. The number of hydrogen-bond acceptors (Lipinski definition) is 2. The molecule has 0 aliphatic carbocycles. The predicted molar refractivity (Wildman–Crippen MR) is 88.4 cm³/mol. The Morgan fingerprint density at radius 3 is 2.83 bits per heavy atom. The summed E-state index contributed by atoms with van der Waals surface area (Å²) in [5.41, 5.74) is 0.930. The summed E-state index contributed by atoms with van der Waals surface area (Å²) in [6.07, 6.45) is 2.40. The van der Waals surface area contributed by atoms with Gasteiger partial charge in [0.25, 0.3) is 0 Å². The van der Waals surface area contributed by atoms with Gasteiger partial charge in [0.15, 0.2) is 0 Å². The normalized spacial score (nSPS) is 21.6. The van der Waals surface area contributed by atoms with Crippen molar-refractivity contribution >= 4 is 34.4 Å². The lowest BCUT2D eigenvalue weighted by atomic mass is 9.87. The number of carbonyl (C=O) groups is 2. The molecule has 1 N–H and O–H groups in total. The number of amides is 1. The fourth-order valence-electron chi connectivity index (χ4n) is 3.28. The van der Waals surface area contributed by atoms with Crippen molar-refractivity contribution in [3.05, 3.63) is 35.5 Å². The second-order valence-electron chi connectivity index (χ2n) is 6.20. The molecule has 0 saturated carbocycles. The van der Waals surface area contributed by atoms with Crippen LogP contribution in [0.4, 0.5) is 0 Å². The number of piperidine rings is 1. The minimum absolute atomic E-state index is 0.0122. The number of fused-ring (bicyclic) bond motifs is 1. The highest BCUT2D eigenvalue weighted by molar-refractivity contribution is 6.31. The highest BCUT2D eigenvalue weighted by atomic mass is 35.5. The van der Waals surface area contributed by atoms with Gasteiger partial charge >= 0.3 is 5.97 Å². The van der Waals surface area contributed by atoms with Gasteiger partial charge < -0.3 is 14.6 Å². The first-order chi connectivity index (χ1) is 11.0. The average molecular weight is 335 g/mol. The van der Waals surface area contributed by atoms with Gasteiger partial charge in [-0.15, -0.1) is 0 Å². The minimum atomic E-state index is -0.768.